The number of hydrazine groups is 1. The van der Waals surface area contributed by atoms with Crippen LogP contribution in [-0.4, -0.2) is 31.4 Å². The molecule has 2 aromatic carbocycles. The van der Waals surface area contributed by atoms with E-state index in [4.69, 9.17) is 16.3 Å². The first-order valence-corrected chi connectivity index (χ1v) is 9.63. The van der Waals surface area contributed by atoms with Gasteiger partial charge < -0.3 is 9.64 Å². The fourth-order valence-corrected chi connectivity index (χ4v) is 3.39. The molecular weight excluding hydrogens is 394 g/mol. The summed E-state index contributed by atoms with van der Waals surface area (Å²) < 4.78 is 5.14. The molecule has 1 aliphatic rings. The minimum absolute atomic E-state index is 0.0819. The lowest BCUT2D eigenvalue weighted by Crippen LogP contribution is -2.45. The number of hydrogen-bond acceptors (Lipinski definition) is 4. The third-order valence-electron chi connectivity index (χ3n) is 4.83. The van der Waals surface area contributed by atoms with Gasteiger partial charge in [-0.05, 0) is 42.3 Å². The molecule has 1 saturated heterocycles. The van der Waals surface area contributed by atoms with Crippen molar-refractivity contribution in [3.05, 3.63) is 58.6 Å². The van der Waals surface area contributed by atoms with Gasteiger partial charge in [0.2, 0.25) is 11.8 Å². The molecule has 152 valence electrons. The number of methoxy groups -OCH3 is 1. The van der Waals surface area contributed by atoms with Crippen molar-refractivity contribution in [2.45, 2.75) is 19.8 Å². The zero-order chi connectivity index (χ0) is 21.0. The highest BCUT2D eigenvalue weighted by Crippen LogP contribution is 2.26. The summed E-state index contributed by atoms with van der Waals surface area (Å²) in [6, 6.07) is 12.3. The molecule has 29 heavy (non-hydrogen) atoms. The van der Waals surface area contributed by atoms with Crippen LogP contribution in [0, 0.1) is 5.92 Å². The zero-order valence-electron chi connectivity index (χ0n) is 16.2. The third-order valence-corrected chi connectivity index (χ3v) is 5.07. The summed E-state index contributed by atoms with van der Waals surface area (Å²) in [6.07, 6.45) is 0.942. The van der Waals surface area contributed by atoms with Crippen LogP contribution in [0.2, 0.25) is 5.02 Å². The summed E-state index contributed by atoms with van der Waals surface area (Å²) in [4.78, 5) is 38.9. The number of carbonyl (C=O) groups excluding carboxylic acids is 3. The van der Waals surface area contributed by atoms with Gasteiger partial charge in [-0.15, -0.1) is 0 Å². The van der Waals surface area contributed by atoms with Crippen LogP contribution >= 0.6 is 11.6 Å². The second-order valence-electron chi connectivity index (χ2n) is 6.72. The number of carbonyl (C=O) groups is 3. The van der Waals surface area contributed by atoms with Gasteiger partial charge in [0.15, 0.2) is 0 Å². The molecule has 8 heteroatoms. The van der Waals surface area contributed by atoms with E-state index >= 15 is 0 Å². The minimum Gasteiger partial charge on any atom is -0.496 e. The van der Waals surface area contributed by atoms with Gasteiger partial charge in [-0.3, -0.25) is 25.2 Å². The van der Waals surface area contributed by atoms with E-state index in [1.54, 1.807) is 17.0 Å². The number of anilines is 1. The van der Waals surface area contributed by atoms with Crippen LogP contribution in [0.25, 0.3) is 0 Å². The van der Waals surface area contributed by atoms with E-state index in [0.717, 1.165) is 17.7 Å². The lowest BCUT2D eigenvalue weighted by Gasteiger charge is -2.17. The summed E-state index contributed by atoms with van der Waals surface area (Å²) >= 11 is 5.93. The first kappa shape index (κ1) is 20.7. The molecule has 2 N–H and O–H groups in total. The molecule has 7 nitrogen and oxygen atoms in total. The predicted molar refractivity (Wildman–Crippen MR) is 110 cm³/mol. The standard InChI is InChI=1S/C21H22ClN3O4/c1-3-13-5-4-6-16(9-13)25-12-14(10-19(25)26)20(27)23-24-21(28)17-11-15(22)7-8-18(17)29-2/h4-9,11,14H,3,10,12H2,1-2H3,(H,23,27)(H,24,28)/t14-/m0/s1. The molecule has 0 radical (unpaired) electrons. The Morgan fingerprint density at radius 1 is 1.21 bits per heavy atom. The Bertz CT molecular complexity index is 947. The van der Waals surface area contributed by atoms with Crippen LogP contribution in [0.4, 0.5) is 5.69 Å². The van der Waals surface area contributed by atoms with Gasteiger partial charge in [0, 0.05) is 23.7 Å². The van der Waals surface area contributed by atoms with Gasteiger partial charge in [0.05, 0.1) is 18.6 Å². The number of halogens is 1. The van der Waals surface area contributed by atoms with Crippen molar-refractivity contribution in [1.82, 2.24) is 10.9 Å². The van der Waals surface area contributed by atoms with Gasteiger partial charge in [-0.2, -0.15) is 0 Å². The molecule has 0 spiro atoms. The Morgan fingerprint density at radius 3 is 2.72 bits per heavy atom. The van der Waals surface area contributed by atoms with Crippen molar-refractivity contribution in [3.8, 4) is 5.75 Å². The van der Waals surface area contributed by atoms with Crippen LogP contribution < -0.4 is 20.5 Å². The molecule has 0 bridgehead atoms. The van der Waals surface area contributed by atoms with Gasteiger partial charge >= 0.3 is 0 Å². The van der Waals surface area contributed by atoms with E-state index in [-0.39, 0.29) is 24.4 Å². The van der Waals surface area contributed by atoms with E-state index in [1.807, 2.05) is 31.2 Å². The Balaban J connectivity index is 1.62. The first-order chi connectivity index (χ1) is 13.9. The normalized spacial score (nSPS) is 15.9. The smallest absolute Gasteiger partial charge is 0.273 e. The molecule has 0 aromatic heterocycles. The highest BCUT2D eigenvalue weighted by Gasteiger charge is 2.35. The van der Waals surface area contributed by atoms with Crippen LogP contribution in [0.15, 0.2) is 42.5 Å². The molecule has 1 aliphatic heterocycles. The summed E-state index contributed by atoms with van der Waals surface area (Å²) in [5, 5.41) is 0.369. The van der Waals surface area contributed by atoms with Crippen molar-refractivity contribution >= 4 is 35.0 Å². The molecule has 0 aliphatic carbocycles. The number of benzene rings is 2. The second kappa shape index (κ2) is 8.96. The molecule has 0 saturated carbocycles. The predicted octanol–water partition coefficient (Wildman–Crippen LogP) is 2.73. The van der Waals surface area contributed by atoms with Crippen molar-refractivity contribution in [3.63, 3.8) is 0 Å². The summed E-state index contributed by atoms with van der Waals surface area (Å²) in [6.45, 7) is 2.30. The van der Waals surface area contributed by atoms with Gasteiger partial charge in [-0.1, -0.05) is 30.7 Å². The van der Waals surface area contributed by atoms with Crippen molar-refractivity contribution in [1.29, 1.82) is 0 Å². The lowest BCUT2D eigenvalue weighted by atomic mass is 10.1. The van der Waals surface area contributed by atoms with Crippen LogP contribution in [0.1, 0.15) is 29.3 Å². The fraction of sp³-hybridized carbons (Fsp3) is 0.286. The number of aryl methyl sites for hydroxylation is 1. The molecule has 1 atom stereocenters. The van der Waals surface area contributed by atoms with E-state index in [2.05, 4.69) is 10.9 Å². The highest BCUT2D eigenvalue weighted by atomic mass is 35.5. The maximum atomic E-state index is 12.5. The average molecular weight is 416 g/mol. The Morgan fingerprint density at radius 2 is 2.00 bits per heavy atom. The van der Waals surface area contributed by atoms with E-state index < -0.39 is 17.7 Å². The molecule has 0 unspecified atom stereocenters. The number of rotatable bonds is 5. The summed E-state index contributed by atoms with van der Waals surface area (Å²) in [5.41, 5.74) is 6.84. The Kier molecular flexibility index (Phi) is 6.39. The van der Waals surface area contributed by atoms with Crippen LogP contribution in [-0.2, 0) is 16.0 Å². The lowest BCUT2D eigenvalue weighted by molar-refractivity contribution is -0.126. The summed E-state index contributed by atoms with van der Waals surface area (Å²) in [5.74, 6) is -1.34. The highest BCUT2D eigenvalue weighted by molar-refractivity contribution is 6.31. The van der Waals surface area contributed by atoms with Gasteiger partial charge in [0.25, 0.3) is 5.91 Å². The monoisotopic (exact) mass is 415 g/mol. The second-order valence-corrected chi connectivity index (χ2v) is 7.15. The number of amides is 3. The Labute approximate surface area is 173 Å². The van der Waals surface area contributed by atoms with Crippen molar-refractivity contribution in [2.75, 3.05) is 18.6 Å². The SMILES string of the molecule is CCc1cccc(N2C[C@@H](C(=O)NNC(=O)c3cc(Cl)ccc3OC)CC2=O)c1. The maximum absolute atomic E-state index is 12.5. The number of hydrogen-bond donors (Lipinski definition) is 2. The van der Waals surface area contributed by atoms with Crippen molar-refractivity contribution in [2.24, 2.45) is 5.92 Å². The molecule has 3 rings (SSSR count). The number of nitrogens with one attached hydrogen (secondary N) is 2. The zero-order valence-corrected chi connectivity index (χ0v) is 17.0. The van der Waals surface area contributed by atoms with E-state index in [1.165, 1.54) is 13.2 Å². The third kappa shape index (κ3) is 4.68. The quantitative estimate of drug-likeness (QED) is 0.735. The number of ether oxygens (including phenoxy) is 1. The topological polar surface area (TPSA) is 87.7 Å². The fourth-order valence-electron chi connectivity index (χ4n) is 3.22. The first-order valence-electron chi connectivity index (χ1n) is 9.26. The van der Waals surface area contributed by atoms with Gasteiger partial charge in [0.1, 0.15) is 5.75 Å². The maximum Gasteiger partial charge on any atom is 0.273 e. The molecule has 2 aromatic rings. The largest absolute Gasteiger partial charge is 0.496 e. The Hall–Kier alpha value is -3.06. The van der Waals surface area contributed by atoms with Crippen LogP contribution in [0.5, 0.6) is 5.75 Å². The van der Waals surface area contributed by atoms with E-state index in [0.29, 0.717) is 10.8 Å². The van der Waals surface area contributed by atoms with Crippen molar-refractivity contribution < 1.29 is 19.1 Å². The van der Waals surface area contributed by atoms with E-state index in [9.17, 15) is 14.4 Å². The minimum atomic E-state index is -0.561. The number of nitrogens with zero attached hydrogens (tertiary/aromatic N) is 1. The molecule has 1 fully saturated rings. The molecule has 3 amide bonds. The summed E-state index contributed by atoms with van der Waals surface area (Å²) in [7, 11) is 1.44. The van der Waals surface area contributed by atoms with Gasteiger partial charge in [-0.25, -0.2) is 0 Å². The van der Waals surface area contributed by atoms with Crippen LogP contribution in [0.3, 0.4) is 0 Å². The average Bonchev–Trinajstić information content (AvgIpc) is 3.13. The molecular formula is C21H22ClN3O4. The molecule has 1 heterocycles.